The Bertz CT molecular complexity index is 1660. The number of aromatic nitrogens is 2. The molecule has 0 aliphatic carbocycles. The second-order valence-corrected chi connectivity index (χ2v) is 8.80. The highest BCUT2D eigenvalue weighted by atomic mass is 19.1. The van der Waals surface area contributed by atoms with E-state index in [1.54, 1.807) is 18.2 Å². The van der Waals surface area contributed by atoms with Gasteiger partial charge < -0.3 is 24.7 Å². The van der Waals surface area contributed by atoms with E-state index in [4.69, 9.17) is 9.15 Å². The van der Waals surface area contributed by atoms with Crippen molar-refractivity contribution in [3.05, 3.63) is 77.3 Å². The smallest absolute Gasteiger partial charge is 0.322 e. The van der Waals surface area contributed by atoms with Crippen LogP contribution in [0.25, 0.3) is 11.1 Å². The highest BCUT2D eigenvalue weighted by Gasteiger charge is 2.53. The van der Waals surface area contributed by atoms with Gasteiger partial charge in [-0.2, -0.15) is 0 Å². The molecule has 0 bridgehead atoms. The summed E-state index contributed by atoms with van der Waals surface area (Å²) in [7, 11) is 1.29. The fourth-order valence-electron chi connectivity index (χ4n) is 4.65. The SMILES string of the molecule is COc1ccc2c(c1F)C(=O)N(CC1(c3cc4nc(Nc5cncc(F)c5)ccc4o3)NC(=O)NC1=O)C2. The minimum absolute atomic E-state index is 0.00813. The number of fused-ring (bicyclic) bond motifs is 2. The van der Waals surface area contributed by atoms with Gasteiger partial charge >= 0.3 is 6.03 Å². The molecule has 1 atom stereocenters. The van der Waals surface area contributed by atoms with Crippen molar-refractivity contribution in [1.29, 1.82) is 0 Å². The average molecular weight is 520 g/mol. The first-order chi connectivity index (χ1) is 18.3. The third-order valence-corrected chi connectivity index (χ3v) is 6.42. The van der Waals surface area contributed by atoms with Crippen molar-refractivity contribution in [2.75, 3.05) is 19.0 Å². The number of amides is 4. The first-order valence-electron chi connectivity index (χ1n) is 11.3. The lowest BCUT2D eigenvalue weighted by molar-refractivity contribution is -0.125. The van der Waals surface area contributed by atoms with Crippen LogP contribution in [-0.2, 0) is 16.9 Å². The summed E-state index contributed by atoms with van der Waals surface area (Å²) < 4.78 is 39.2. The Labute approximate surface area is 212 Å². The van der Waals surface area contributed by atoms with Gasteiger partial charge in [0.1, 0.15) is 22.9 Å². The third kappa shape index (κ3) is 3.67. The summed E-state index contributed by atoms with van der Waals surface area (Å²) >= 11 is 0. The summed E-state index contributed by atoms with van der Waals surface area (Å²) in [5.41, 5.74) is -0.538. The van der Waals surface area contributed by atoms with E-state index >= 15 is 0 Å². The van der Waals surface area contributed by atoms with Crippen LogP contribution in [0.2, 0.25) is 0 Å². The monoisotopic (exact) mass is 520 g/mol. The lowest BCUT2D eigenvalue weighted by atomic mass is 9.95. The quantitative estimate of drug-likeness (QED) is 0.330. The Kier molecular flexibility index (Phi) is 5.22. The number of urea groups is 1. The number of hydrogen-bond acceptors (Lipinski definition) is 8. The van der Waals surface area contributed by atoms with Crippen LogP contribution in [0.3, 0.4) is 0 Å². The van der Waals surface area contributed by atoms with E-state index in [2.05, 4.69) is 25.9 Å². The number of ether oxygens (including phenoxy) is 1. The van der Waals surface area contributed by atoms with Crippen LogP contribution in [-0.4, -0.2) is 46.4 Å². The van der Waals surface area contributed by atoms with Gasteiger partial charge in [-0.1, -0.05) is 6.07 Å². The molecule has 11 nitrogen and oxygen atoms in total. The molecule has 3 N–H and O–H groups in total. The van der Waals surface area contributed by atoms with Crippen molar-refractivity contribution >= 4 is 40.5 Å². The lowest BCUT2D eigenvalue weighted by Gasteiger charge is -2.28. The molecular formula is C25H18F2N6O5. The highest BCUT2D eigenvalue weighted by Crippen LogP contribution is 2.36. The van der Waals surface area contributed by atoms with Crippen molar-refractivity contribution in [3.8, 4) is 5.75 Å². The average Bonchev–Trinajstić information content (AvgIpc) is 3.53. The first kappa shape index (κ1) is 23.3. The maximum Gasteiger partial charge on any atom is 0.322 e. The van der Waals surface area contributed by atoms with Crippen LogP contribution in [0.15, 0.2) is 53.2 Å². The van der Waals surface area contributed by atoms with Crippen molar-refractivity contribution in [3.63, 3.8) is 0 Å². The van der Waals surface area contributed by atoms with Gasteiger partial charge in [0.05, 0.1) is 37.3 Å². The zero-order chi connectivity index (χ0) is 26.6. The van der Waals surface area contributed by atoms with Gasteiger partial charge in [0.15, 0.2) is 22.7 Å². The van der Waals surface area contributed by atoms with E-state index in [1.807, 2.05) is 0 Å². The molecule has 38 heavy (non-hydrogen) atoms. The summed E-state index contributed by atoms with van der Waals surface area (Å²) in [6, 6.07) is 8.09. The van der Waals surface area contributed by atoms with Gasteiger partial charge in [-0.05, 0) is 23.8 Å². The molecule has 0 radical (unpaired) electrons. The molecule has 4 aromatic rings. The number of anilines is 2. The molecule has 2 aliphatic heterocycles. The summed E-state index contributed by atoms with van der Waals surface area (Å²) in [5, 5.41) is 7.68. The van der Waals surface area contributed by atoms with Crippen LogP contribution in [0.1, 0.15) is 21.7 Å². The number of methoxy groups -OCH3 is 1. The van der Waals surface area contributed by atoms with E-state index in [1.165, 1.54) is 36.4 Å². The second-order valence-electron chi connectivity index (χ2n) is 8.80. The van der Waals surface area contributed by atoms with Crippen molar-refractivity contribution in [1.82, 2.24) is 25.5 Å². The minimum atomic E-state index is -1.80. The Hall–Kier alpha value is -5.07. The van der Waals surface area contributed by atoms with Gasteiger partial charge in [-0.15, -0.1) is 0 Å². The van der Waals surface area contributed by atoms with E-state index in [0.29, 0.717) is 28.2 Å². The van der Waals surface area contributed by atoms with Crippen LogP contribution < -0.4 is 20.7 Å². The van der Waals surface area contributed by atoms with Crippen LogP contribution in [0.4, 0.5) is 25.1 Å². The number of halogens is 2. The number of pyridine rings is 2. The largest absolute Gasteiger partial charge is 0.494 e. The van der Waals surface area contributed by atoms with Crippen LogP contribution >= 0.6 is 0 Å². The number of nitrogens with one attached hydrogen (secondary N) is 3. The summed E-state index contributed by atoms with van der Waals surface area (Å²) in [5.74, 6) is -2.43. The summed E-state index contributed by atoms with van der Waals surface area (Å²) in [4.78, 5) is 47.9. The normalized spacial score (nSPS) is 18.5. The Morgan fingerprint density at radius 3 is 2.74 bits per heavy atom. The van der Waals surface area contributed by atoms with Gasteiger partial charge in [-0.25, -0.2) is 18.6 Å². The van der Waals surface area contributed by atoms with Gasteiger partial charge in [0.25, 0.3) is 11.8 Å². The van der Waals surface area contributed by atoms with Crippen molar-refractivity contribution < 1.29 is 32.3 Å². The minimum Gasteiger partial charge on any atom is -0.494 e. The molecular weight excluding hydrogens is 502 g/mol. The predicted octanol–water partition coefficient (Wildman–Crippen LogP) is 2.94. The molecule has 5 heterocycles. The molecule has 4 amide bonds. The van der Waals surface area contributed by atoms with E-state index in [0.717, 1.165) is 6.20 Å². The maximum absolute atomic E-state index is 14.8. The maximum atomic E-state index is 14.8. The van der Waals surface area contributed by atoms with Gasteiger partial charge in [0, 0.05) is 18.7 Å². The van der Waals surface area contributed by atoms with Gasteiger partial charge in [-0.3, -0.25) is 19.9 Å². The number of nitrogens with zero attached hydrogens (tertiary/aromatic N) is 3. The molecule has 3 aromatic heterocycles. The number of hydrogen-bond donors (Lipinski definition) is 3. The Morgan fingerprint density at radius 2 is 2.00 bits per heavy atom. The number of carbonyl (C=O) groups is 3. The predicted molar refractivity (Wildman–Crippen MR) is 128 cm³/mol. The first-order valence-corrected chi connectivity index (χ1v) is 11.3. The van der Waals surface area contributed by atoms with E-state index in [9.17, 15) is 23.2 Å². The molecule has 0 saturated carbocycles. The number of furan rings is 1. The highest BCUT2D eigenvalue weighted by molar-refractivity contribution is 6.08. The lowest BCUT2D eigenvalue weighted by Crippen LogP contribution is -2.52. The van der Waals surface area contributed by atoms with Crippen LogP contribution in [0, 0.1) is 11.6 Å². The molecule has 2 aliphatic rings. The van der Waals surface area contributed by atoms with E-state index in [-0.39, 0.29) is 30.2 Å². The number of rotatable bonds is 6. The summed E-state index contributed by atoms with van der Waals surface area (Å²) in [6.45, 7) is -0.325. The van der Waals surface area contributed by atoms with E-state index < -0.39 is 35.0 Å². The van der Waals surface area contributed by atoms with Gasteiger partial charge in [0.2, 0.25) is 0 Å². The molecule has 0 spiro atoms. The summed E-state index contributed by atoms with van der Waals surface area (Å²) in [6.07, 6.45) is 2.49. The zero-order valence-electron chi connectivity index (χ0n) is 19.7. The standard InChI is InChI=1S/C25H18F2N6O5/c1-37-17-3-2-12-10-33(22(34)20(12)21(17)27)11-25(23(35)31-24(36)32-25)18-7-15-16(38-18)4-5-19(30-15)29-14-6-13(26)8-28-9-14/h2-9H,10-11H2,1H3,(H,29,30)(H2,31,32,35,36). The van der Waals surface area contributed by atoms with Crippen LogP contribution in [0.5, 0.6) is 5.75 Å². The second kappa shape index (κ2) is 8.50. The van der Waals surface area contributed by atoms with Crippen molar-refractivity contribution in [2.24, 2.45) is 0 Å². The molecule has 192 valence electrons. The molecule has 1 fully saturated rings. The fraction of sp³-hybridized carbons (Fsp3) is 0.160. The molecule has 1 saturated heterocycles. The van der Waals surface area contributed by atoms with Crippen molar-refractivity contribution in [2.45, 2.75) is 12.1 Å². The third-order valence-electron chi connectivity index (χ3n) is 6.42. The molecule has 1 aromatic carbocycles. The number of benzene rings is 1. The fourth-order valence-corrected chi connectivity index (χ4v) is 4.65. The molecule has 1 unspecified atom stereocenters. The Balaban J connectivity index is 1.35. The number of imide groups is 1. The molecule has 13 heteroatoms. The molecule has 6 rings (SSSR count). The zero-order valence-corrected chi connectivity index (χ0v) is 19.7. The Morgan fingerprint density at radius 1 is 1.16 bits per heavy atom. The number of carbonyl (C=O) groups excluding carboxylic acids is 3. The topological polar surface area (TPSA) is 139 Å².